The van der Waals surface area contributed by atoms with Crippen molar-refractivity contribution in [3.63, 3.8) is 0 Å². The fourth-order valence-electron chi connectivity index (χ4n) is 2.46. The van der Waals surface area contributed by atoms with Gasteiger partial charge in [-0.1, -0.05) is 24.3 Å². The molecule has 0 aromatic heterocycles. The molecular formula is C15H22N2O2. The molecule has 1 aliphatic rings. The first-order valence-corrected chi connectivity index (χ1v) is 6.69. The number of carbonyl (C=O) groups excluding carboxylic acids is 1. The van der Waals surface area contributed by atoms with E-state index in [9.17, 15) is 4.79 Å². The van der Waals surface area contributed by atoms with E-state index in [0.717, 1.165) is 12.1 Å². The molecule has 1 aromatic rings. The monoisotopic (exact) mass is 262 g/mol. The molecule has 1 unspecified atom stereocenters. The van der Waals surface area contributed by atoms with Crippen LogP contribution in [0.5, 0.6) is 0 Å². The van der Waals surface area contributed by atoms with Crippen LogP contribution >= 0.6 is 0 Å². The van der Waals surface area contributed by atoms with E-state index in [0.29, 0.717) is 19.5 Å². The van der Waals surface area contributed by atoms with Gasteiger partial charge in [0.1, 0.15) is 0 Å². The van der Waals surface area contributed by atoms with E-state index >= 15 is 0 Å². The molecule has 104 valence electrons. The van der Waals surface area contributed by atoms with Gasteiger partial charge in [0.2, 0.25) is 5.91 Å². The topological polar surface area (TPSA) is 43.8 Å². The van der Waals surface area contributed by atoms with Gasteiger partial charge in [0.05, 0.1) is 0 Å². The lowest BCUT2D eigenvalue weighted by Gasteiger charge is -2.17. The summed E-state index contributed by atoms with van der Waals surface area (Å²) in [4.78, 5) is 15.7. The Kier molecular flexibility index (Phi) is 4.56. The number of rotatable bonds is 5. The van der Waals surface area contributed by atoms with Crippen LogP contribution in [0.15, 0.2) is 24.3 Å². The number of aliphatic hydroxyl groups is 1. The second-order valence-corrected chi connectivity index (χ2v) is 5.58. The Morgan fingerprint density at radius 2 is 1.89 bits per heavy atom. The first-order chi connectivity index (χ1) is 9.08. The largest absolute Gasteiger partial charge is 0.396 e. The van der Waals surface area contributed by atoms with E-state index in [1.165, 1.54) is 5.56 Å². The quantitative estimate of drug-likeness (QED) is 0.864. The Balaban J connectivity index is 1.94. The molecule has 19 heavy (non-hydrogen) atoms. The summed E-state index contributed by atoms with van der Waals surface area (Å²) in [5.74, 6) is 0.261. The van der Waals surface area contributed by atoms with Crippen LogP contribution in [0.1, 0.15) is 17.5 Å². The van der Waals surface area contributed by atoms with Gasteiger partial charge in [-0.2, -0.15) is 0 Å². The van der Waals surface area contributed by atoms with E-state index in [1.807, 2.05) is 19.0 Å². The molecule has 1 atom stereocenters. The first kappa shape index (κ1) is 14.0. The van der Waals surface area contributed by atoms with Gasteiger partial charge in [0, 0.05) is 38.6 Å². The van der Waals surface area contributed by atoms with Crippen molar-refractivity contribution in [2.45, 2.75) is 19.5 Å². The maximum absolute atomic E-state index is 11.8. The van der Waals surface area contributed by atoms with E-state index in [-0.39, 0.29) is 18.4 Å². The molecule has 0 radical (unpaired) electrons. The Morgan fingerprint density at radius 3 is 2.42 bits per heavy atom. The summed E-state index contributed by atoms with van der Waals surface area (Å²) < 4.78 is 0. The summed E-state index contributed by atoms with van der Waals surface area (Å²) in [6.45, 7) is 2.35. The minimum Gasteiger partial charge on any atom is -0.396 e. The molecule has 2 rings (SSSR count). The highest BCUT2D eigenvalue weighted by Gasteiger charge is 2.28. The van der Waals surface area contributed by atoms with Gasteiger partial charge in [-0.3, -0.25) is 4.79 Å². The molecule has 1 fully saturated rings. The fraction of sp³-hybridized carbons (Fsp3) is 0.533. The van der Waals surface area contributed by atoms with Crippen LogP contribution in [0.3, 0.4) is 0 Å². The third-order valence-corrected chi connectivity index (χ3v) is 3.45. The zero-order valence-corrected chi connectivity index (χ0v) is 11.7. The molecule has 4 heteroatoms. The third-order valence-electron chi connectivity index (χ3n) is 3.45. The minimum atomic E-state index is 0.101. The van der Waals surface area contributed by atoms with Crippen LogP contribution in [-0.4, -0.2) is 48.1 Å². The zero-order valence-electron chi connectivity index (χ0n) is 11.7. The summed E-state index contributed by atoms with van der Waals surface area (Å²) >= 11 is 0. The highest BCUT2D eigenvalue weighted by atomic mass is 16.3. The Bertz CT molecular complexity index is 428. The van der Waals surface area contributed by atoms with Crippen LogP contribution in [0.4, 0.5) is 0 Å². The fourth-order valence-corrected chi connectivity index (χ4v) is 2.46. The summed E-state index contributed by atoms with van der Waals surface area (Å²) in [5, 5.41) is 9.10. The molecule has 1 amide bonds. The second kappa shape index (κ2) is 6.17. The molecule has 1 heterocycles. The van der Waals surface area contributed by atoms with E-state index in [1.54, 1.807) is 0 Å². The second-order valence-electron chi connectivity index (χ2n) is 5.58. The molecule has 1 aliphatic heterocycles. The van der Waals surface area contributed by atoms with Gasteiger partial charge < -0.3 is 14.9 Å². The van der Waals surface area contributed by atoms with Gasteiger partial charge in [0.25, 0.3) is 0 Å². The van der Waals surface area contributed by atoms with Gasteiger partial charge >= 0.3 is 0 Å². The molecule has 4 nitrogen and oxygen atoms in total. The van der Waals surface area contributed by atoms with Gasteiger partial charge in [-0.15, -0.1) is 0 Å². The number of aliphatic hydroxyl groups excluding tert-OH is 1. The van der Waals surface area contributed by atoms with Crippen LogP contribution in [0.2, 0.25) is 0 Å². The standard InChI is InChI=1S/C15H22N2O2/c1-16(2)8-12-3-5-13(6-4-12)9-17-10-14(11-18)7-15(17)19/h3-6,14,18H,7-11H2,1-2H3. The first-order valence-electron chi connectivity index (χ1n) is 6.69. The number of benzene rings is 1. The summed E-state index contributed by atoms with van der Waals surface area (Å²) in [7, 11) is 4.09. The van der Waals surface area contributed by atoms with Crippen molar-refractivity contribution in [1.82, 2.24) is 9.80 Å². The van der Waals surface area contributed by atoms with Crippen molar-refractivity contribution in [1.29, 1.82) is 0 Å². The highest BCUT2D eigenvalue weighted by molar-refractivity contribution is 5.78. The Morgan fingerprint density at radius 1 is 1.26 bits per heavy atom. The predicted molar refractivity (Wildman–Crippen MR) is 74.4 cm³/mol. The average molecular weight is 262 g/mol. The van der Waals surface area contributed by atoms with E-state index in [2.05, 4.69) is 29.2 Å². The molecular weight excluding hydrogens is 240 g/mol. The summed E-state index contributed by atoms with van der Waals surface area (Å²) in [6.07, 6.45) is 0.481. The highest BCUT2D eigenvalue weighted by Crippen LogP contribution is 2.19. The zero-order chi connectivity index (χ0) is 13.8. The number of hydrogen-bond donors (Lipinski definition) is 1. The molecule has 1 saturated heterocycles. The van der Waals surface area contributed by atoms with Crippen molar-refractivity contribution in [3.8, 4) is 0 Å². The average Bonchev–Trinajstić information content (AvgIpc) is 2.72. The normalized spacial score (nSPS) is 19.5. The molecule has 1 aromatic carbocycles. The smallest absolute Gasteiger partial charge is 0.223 e. The van der Waals surface area contributed by atoms with Crippen molar-refractivity contribution < 1.29 is 9.90 Å². The van der Waals surface area contributed by atoms with Gasteiger partial charge in [-0.05, 0) is 25.2 Å². The van der Waals surface area contributed by atoms with Crippen molar-refractivity contribution in [2.75, 3.05) is 27.2 Å². The number of carbonyl (C=O) groups is 1. The lowest BCUT2D eigenvalue weighted by Crippen LogP contribution is -2.24. The summed E-state index contributed by atoms with van der Waals surface area (Å²) in [5.41, 5.74) is 2.42. The number of amides is 1. The van der Waals surface area contributed by atoms with Crippen molar-refractivity contribution in [3.05, 3.63) is 35.4 Å². The maximum atomic E-state index is 11.8. The van der Waals surface area contributed by atoms with Crippen LogP contribution in [-0.2, 0) is 17.9 Å². The van der Waals surface area contributed by atoms with Crippen molar-refractivity contribution in [2.24, 2.45) is 5.92 Å². The Labute approximate surface area is 114 Å². The van der Waals surface area contributed by atoms with Crippen LogP contribution in [0.25, 0.3) is 0 Å². The summed E-state index contributed by atoms with van der Waals surface area (Å²) in [6, 6.07) is 8.38. The van der Waals surface area contributed by atoms with E-state index in [4.69, 9.17) is 5.11 Å². The molecule has 0 spiro atoms. The predicted octanol–water partition coefficient (Wildman–Crippen LogP) is 1.09. The van der Waals surface area contributed by atoms with Crippen molar-refractivity contribution >= 4 is 5.91 Å². The molecule has 0 bridgehead atoms. The van der Waals surface area contributed by atoms with Gasteiger partial charge in [-0.25, -0.2) is 0 Å². The lowest BCUT2D eigenvalue weighted by atomic mass is 10.1. The number of nitrogens with zero attached hydrogens (tertiary/aromatic N) is 2. The van der Waals surface area contributed by atoms with E-state index < -0.39 is 0 Å². The molecule has 1 N–H and O–H groups in total. The molecule has 0 aliphatic carbocycles. The maximum Gasteiger partial charge on any atom is 0.223 e. The number of likely N-dealkylation sites (tertiary alicyclic amines) is 1. The van der Waals surface area contributed by atoms with Crippen LogP contribution in [0, 0.1) is 5.92 Å². The minimum absolute atomic E-state index is 0.101. The number of hydrogen-bond acceptors (Lipinski definition) is 3. The SMILES string of the molecule is CN(C)Cc1ccc(CN2CC(CO)CC2=O)cc1. The van der Waals surface area contributed by atoms with Crippen LogP contribution < -0.4 is 0 Å². The Hall–Kier alpha value is -1.39. The lowest BCUT2D eigenvalue weighted by molar-refractivity contribution is -0.128. The van der Waals surface area contributed by atoms with Gasteiger partial charge in [0.15, 0.2) is 0 Å². The molecule has 0 saturated carbocycles. The third kappa shape index (κ3) is 3.78.